The standard InChI is InChI=1S/C12H14N2O/c1-14-8-11-12-9(5-6-15-11)3-2-4-10(12)7-13/h2-4,11,14H,5-6,8H2,1H3. The Hall–Kier alpha value is -1.37. The molecule has 0 aliphatic carbocycles. The van der Waals surface area contributed by atoms with Gasteiger partial charge in [-0.2, -0.15) is 5.26 Å². The summed E-state index contributed by atoms with van der Waals surface area (Å²) in [6, 6.07) is 8.12. The highest BCUT2D eigenvalue weighted by Gasteiger charge is 2.22. The molecular formula is C12H14N2O. The van der Waals surface area contributed by atoms with E-state index in [2.05, 4.69) is 17.5 Å². The Labute approximate surface area is 89.7 Å². The number of ether oxygens (including phenoxy) is 1. The molecule has 0 bridgehead atoms. The summed E-state index contributed by atoms with van der Waals surface area (Å²) in [6.45, 7) is 1.50. The van der Waals surface area contributed by atoms with E-state index in [1.807, 2.05) is 19.2 Å². The van der Waals surface area contributed by atoms with Crippen LogP contribution in [0.5, 0.6) is 0 Å². The molecule has 1 atom stereocenters. The van der Waals surface area contributed by atoms with Crippen LogP contribution >= 0.6 is 0 Å². The largest absolute Gasteiger partial charge is 0.372 e. The predicted octanol–water partition coefficient (Wildman–Crippen LogP) is 1.39. The average molecular weight is 202 g/mol. The molecule has 0 fully saturated rings. The van der Waals surface area contributed by atoms with Crippen molar-refractivity contribution in [2.75, 3.05) is 20.2 Å². The lowest BCUT2D eigenvalue weighted by Gasteiger charge is -2.26. The van der Waals surface area contributed by atoms with Gasteiger partial charge in [-0.25, -0.2) is 0 Å². The Morgan fingerprint density at radius 1 is 1.60 bits per heavy atom. The van der Waals surface area contributed by atoms with Gasteiger partial charge in [-0.3, -0.25) is 0 Å². The summed E-state index contributed by atoms with van der Waals surface area (Å²) in [6.07, 6.45) is 0.931. The Morgan fingerprint density at radius 3 is 3.20 bits per heavy atom. The molecule has 1 aromatic carbocycles. The topological polar surface area (TPSA) is 45.0 Å². The molecule has 1 aromatic rings. The van der Waals surface area contributed by atoms with Gasteiger partial charge in [0.2, 0.25) is 0 Å². The first-order chi connectivity index (χ1) is 7.36. The molecule has 0 amide bonds. The number of nitriles is 1. The van der Waals surface area contributed by atoms with Crippen LogP contribution in [0.4, 0.5) is 0 Å². The van der Waals surface area contributed by atoms with Crippen molar-refractivity contribution in [1.82, 2.24) is 5.32 Å². The molecule has 0 radical (unpaired) electrons. The van der Waals surface area contributed by atoms with Crippen LogP contribution in [-0.4, -0.2) is 20.2 Å². The zero-order valence-electron chi connectivity index (χ0n) is 8.79. The maximum atomic E-state index is 9.05. The second-order valence-corrected chi connectivity index (χ2v) is 3.66. The van der Waals surface area contributed by atoms with Crippen LogP contribution in [0, 0.1) is 11.3 Å². The van der Waals surface area contributed by atoms with Crippen molar-refractivity contribution in [2.45, 2.75) is 12.5 Å². The molecule has 1 aliphatic rings. The fraction of sp³-hybridized carbons (Fsp3) is 0.417. The summed E-state index contributed by atoms with van der Waals surface area (Å²) in [5.74, 6) is 0. The van der Waals surface area contributed by atoms with E-state index >= 15 is 0 Å². The normalized spacial score (nSPS) is 19.3. The van der Waals surface area contributed by atoms with Crippen molar-refractivity contribution in [3.8, 4) is 6.07 Å². The average Bonchev–Trinajstić information content (AvgIpc) is 2.29. The zero-order valence-corrected chi connectivity index (χ0v) is 8.79. The van der Waals surface area contributed by atoms with Gasteiger partial charge in [-0.1, -0.05) is 12.1 Å². The fourth-order valence-electron chi connectivity index (χ4n) is 2.05. The minimum Gasteiger partial charge on any atom is -0.372 e. The van der Waals surface area contributed by atoms with Gasteiger partial charge in [0, 0.05) is 12.1 Å². The molecule has 0 saturated heterocycles. The highest BCUT2D eigenvalue weighted by atomic mass is 16.5. The van der Waals surface area contributed by atoms with Gasteiger partial charge in [0.15, 0.2) is 0 Å². The van der Waals surface area contributed by atoms with Crippen LogP contribution in [0.3, 0.4) is 0 Å². The van der Waals surface area contributed by atoms with Crippen molar-refractivity contribution >= 4 is 0 Å². The maximum absolute atomic E-state index is 9.05. The number of fused-ring (bicyclic) bond motifs is 1. The predicted molar refractivity (Wildman–Crippen MR) is 57.5 cm³/mol. The number of rotatable bonds is 2. The number of benzene rings is 1. The molecule has 0 aromatic heterocycles. The first-order valence-electron chi connectivity index (χ1n) is 5.15. The Balaban J connectivity index is 2.44. The molecule has 3 heteroatoms. The third-order valence-corrected chi connectivity index (χ3v) is 2.72. The number of likely N-dealkylation sites (N-methyl/N-ethyl adjacent to an activating group) is 1. The Morgan fingerprint density at radius 2 is 2.47 bits per heavy atom. The summed E-state index contributed by atoms with van der Waals surface area (Å²) >= 11 is 0. The lowest BCUT2D eigenvalue weighted by atomic mass is 9.93. The minimum absolute atomic E-state index is 0.0228. The van der Waals surface area contributed by atoms with Crippen molar-refractivity contribution in [2.24, 2.45) is 0 Å². The van der Waals surface area contributed by atoms with E-state index in [1.165, 1.54) is 5.56 Å². The number of nitrogens with zero attached hydrogens (tertiary/aromatic N) is 1. The second kappa shape index (κ2) is 4.43. The van der Waals surface area contributed by atoms with Crippen molar-refractivity contribution < 1.29 is 4.74 Å². The van der Waals surface area contributed by atoms with Crippen LogP contribution in [-0.2, 0) is 11.2 Å². The Bertz CT molecular complexity index is 395. The van der Waals surface area contributed by atoms with Gasteiger partial charge in [-0.15, -0.1) is 0 Å². The van der Waals surface area contributed by atoms with Gasteiger partial charge < -0.3 is 10.1 Å². The molecule has 3 nitrogen and oxygen atoms in total. The summed E-state index contributed by atoms with van der Waals surface area (Å²) in [5.41, 5.74) is 3.06. The molecular weight excluding hydrogens is 188 g/mol. The highest BCUT2D eigenvalue weighted by molar-refractivity contribution is 5.45. The molecule has 1 unspecified atom stereocenters. The molecule has 15 heavy (non-hydrogen) atoms. The summed E-state index contributed by atoms with van der Waals surface area (Å²) < 4.78 is 5.67. The van der Waals surface area contributed by atoms with Crippen LogP contribution < -0.4 is 5.32 Å². The molecule has 1 aliphatic heterocycles. The highest BCUT2D eigenvalue weighted by Crippen LogP contribution is 2.29. The lowest BCUT2D eigenvalue weighted by Crippen LogP contribution is -2.26. The van der Waals surface area contributed by atoms with Crippen LogP contribution in [0.25, 0.3) is 0 Å². The van der Waals surface area contributed by atoms with Gasteiger partial charge >= 0.3 is 0 Å². The number of hydrogen-bond donors (Lipinski definition) is 1. The quantitative estimate of drug-likeness (QED) is 0.788. The first-order valence-corrected chi connectivity index (χ1v) is 5.15. The van der Waals surface area contributed by atoms with Crippen LogP contribution in [0.15, 0.2) is 18.2 Å². The van der Waals surface area contributed by atoms with E-state index in [9.17, 15) is 0 Å². The van der Waals surface area contributed by atoms with E-state index in [0.717, 1.165) is 30.7 Å². The van der Waals surface area contributed by atoms with E-state index < -0.39 is 0 Å². The van der Waals surface area contributed by atoms with Crippen molar-refractivity contribution in [3.63, 3.8) is 0 Å². The maximum Gasteiger partial charge on any atom is 0.0995 e. The molecule has 1 N–H and O–H groups in total. The second-order valence-electron chi connectivity index (χ2n) is 3.66. The molecule has 78 valence electrons. The van der Waals surface area contributed by atoms with Gasteiger partial charge in [0.05, 0.1) is 24.3 Å². The summed E-state index contributed by atoms with van der Waals surface area (Å²) in [7, 11) is 1.90. The monoisotopic (exact) mass is 202 g/mol. The van der Waals surface area contributed by atoms with Gasteiger partial charge in [0.1, 0.15) is 0 Å². The summed E-state index contributed by atoms with van der Waals surface area (Å²) in [4.78, 5) is 0. The Kier molecular flexibility index (Phi) is 3.00. The molecule has 0 saturated carbocycles. The van der Waals surface area contributed by atoms with E-state index in [4.69, 9.17) is 10.00 Å². The third-order valence-electron chi connectivity index (χ3n) is 2.72. The van der Waals surface area contributed by atoms with Gasteiger partial charge in [0.25, 0.3) is 0 Å². The first kappa shape index (κ1) is 10.2. The number of hydrogen-bond acceptors (Lipinski definition) is 3. The van der Waals surface area contributed by atoms with Crippen LogP contribution in [0.2, 0.25) is 0 Å². The molecule has 2 rings (SSSR count). The SMILES string of the molecule is CNCC1OCCc2cccc(C#N)c21. The smallest absolute Gasteiger partial charge is 0.0995 e. The van der Waals surface area contributed by atoms with Crippen molar-refractivity contribution in [3.05, 3.63) is 34.9 Å². The lowest BCUT2D eigenvalue weighted by molar-refractivity contribution is 0.0436. The summed E-state index contributed by atoms with van der Waals surface area (Å²) in [5, 5.41) is 12.1. The third kappa shape index (κ3) is 1.87. The van der Waals surface area contributed by atoms with E-state index in [1.54, 1.807) is 0 Å². The molecule has 0 spiro atoms. The van der Waals surface area contributed by atoms with E-state index in [-0.39, 0.29) is 6.10 Å². The van der Waals surface area contributed by atoms with E-state index in [0.29, 0.717) is 0 Å². The van der Waals surface area contributed by atoms with Gasteiger partial charge in [-0.05, 0) is 25.1 Å². The fourth-order valence-corrected chi connectivity index (χ4v) is 2.05. The zero-order chi connectivity index (χ0) is 10.7. The molecule has 1 heterocycles. The van der Waals surface area contributed by atoms with Crippen LogP contribution in [0.1, 0.15) is 22.8 Å². The van der Waals surface area contributed by atoms with Crippen molar-refractivity contribution in [1.29, 1.82) is 5.26 Å². The number of nitrogens with one attached hydrogen (secondary N) is 1. The minimum atomic E-state index is 0.0228.